The highest BCUT2D eigenvalue weighted by Crippen LogP contribution is 2.29. The molecule has 0 saturated carbocycles. The van der Waals surface area contributed by atoms with Crippen LogP contribution in [-0.2, 0) is 10.0 Å². The van der Waals surface area contributed by atoms with Crippen LogP contribution in [0.1, 0.15) is 40.7 Å². The highest BCUT2D eigenvalue weighted by Gasteiger charge is 2.26. The van der Waals surface area contributed by atoms with Crippen LogP contribution in [0.3, 0.4) is 0 Å². The van der Waals surface area contributed by atoms with Gasteiger partial charge in [-0.15, -0.1) is 0 Å². The van der Waals surface area contributed by atoms with Gasteiger partial charge in [0.15, 0.2) is 0 Å². The summed E-state index contributed by atoms with van der Waals surface area (Å²) in [4.78, 5) is 0.466. The van der Waals surface area contributed by atoms with Gasteiger partial charge in [-0.1, -0.05) is 0 Å². The molecule has 1 unspecified atom stereocenters. The van der Waals surface area contributed by atoms with Crippen LogP contribution < -0.4 is 10.0 Å². The first-order valence-corrected chi connectivity index (χ1v) is 9.04. The van der Waals surface area contributed by atoms with Gasteiger partial charge in [-0.3, -0.25) is 0 Å². The lowest BCUT2D eigenvalue weighted by Gasteiger charge is -2.25. The lowest BCUT2D eigenvalue weighted by atomic mass is 9.95. The van der Waals surface area contributed by atoms with E-state index in [0.717, 1.165) is 41.6 Å². The van der Waals surface area contributed by atoms with Gasteiger partial charge >= 0.3 is 0 Å². The maximum absolute atomic E-state index is 12.8. The average Bonchev–Trinajstić information content (AvgIpc) is 2.43. The Labute approximate surface area is 128 Å². The van der Waals surface area contributed by atoms with Crippen LogP contribution in [0, 0.1) is 34.6 Å². The molecule has 1 aliphatic rings. The standard InChI is InChI=1S/C16H26N2O2S/c1-10-11(2)13(4)16(14(5)12(10)3)21(19,20)18-15-7-6-8-17-9-15/h15,17-18H,6-9H2,1-5H3. The third kappa shape index (κ3) is 3.15. The molecule has 1 aliphatic heterocycles. The minimum atomic E-state index is -3.47. The molecular formula is C16H26N2O2S. The topological polar surface area (TPSA) is 58.2 Å². The predicted molar refractivity (Wildman–Crippen MR) is 86.3 cm³/mol. The molecule has 0 amide bonds. The number of sulfonamides is 1. The van der Waals surface area contributed by atoms with Gasteiger partial charge in [0, 0.05) is 12.6 Å². The zero-order valence-electron chi connectivity index (χ0n) is 13.6. The van der Waals surface area contributed by atoms with E-state index in [1.54, 1.807) is 0 Å². The third-order valence-corrected chi connectivity index (χ3v) is 6.61. The maximum atomic E-state index is 12.8. The van der Waals surface area contributed by atoms with Gasteiger partial charge in [0.25, 0.3) is 0 Å². The summed E-state index contributed by atoms with van der Waals surface area (Å²) in [6.07, 6.45) is 1.91. The largest absolute Gasteiger partial charge is 0.315 e. The van der Waals surface area contributed by atoms with E-state index in [1.807, 2.05) is 27.7 Å². The second-order valence-electron chi connectivity index (χ2n) is 6.12. The van der Waals surface area contributed by atoms with Crippen molar-refractivity contribution < 1.29 is 8.42 Å². The second kappa shape index (κ2) is 6.07. The van der Waals surface area contributed by atoms with E-state index in [4.69, 9.17) is 0 Å². The Kier molecular flexibility index (Phi) is 4.76. The minimum Gasteiger partial charge on any atom is -0.315 e. The SMILES string of the molecule is Cc1c(C)c(C)c(S(=O)(=O)NC2CCCNC2)c(C)c1C. The molecule has 2 rings (SSSR count). The lowest BCUT2D eigenvalue weighted by Crippen LogP contribution is -2.45. The Hall–Kier alpha value is -0.910. The Bertz CT molecular complexity index is 616. The van der Waals surface area contributed by atoms with Crippen molar-refractivity contribution in [3.05, 3.63) is 27.8 Å². The Morgan fingerprint density at radius 3 is 1.95 bits per heavy atom. The van der Waals surface area contributed by atoms with Crippen molar-refractivity contribution in [2.24, 2.45) is 0 Å². The highest BCUT2D eigenvalue weighted by molar-refractivity contribution is 7.89. The zero-order valence-corrected chi connectivity index (χ0v) is 14.4. The van der Waals surface area contributed by atoms with Crippen molar-refractivity contribution in [1.82, 2.24) is 10.0 Å². The fourth-order valence-electron chi connectivity index (χ4n) is 3.10. The van der Waals surface area contributed by atoms with Crippen LogP contribution in [0.2, 0.25) is 0 Å². The van der Waals surface area contributed by atoms with E-state index in [-0.39, 0.29) is 6.04 Å². The molecule has 118 valence electrons. The molecule has 0 aromatic heterocycles. The van der Waals surface area contributed by atoms with Gasteiger partial charge < -0.3 is 5.32 Å². The molecule has 0 spiro atoms. The fraction of sp³-hybridized carbons (Fsp3) is 0.625. The molecule has 1 atom stereocenters. The summed E-state index contributed by atoms with van der Waals surface area (Å²) < 4.78 is 28.5. The van der Waals surface area contributed by atoms with Crippen molar-refractivity contribution >= 4 is 10.0 Å². The van der Waals surface area contributed by atoms with E-state index >= 15 is 0 Å². The van der Waals surface area contributed by atoms with Crippen molar-refractivity contribution in [2.75, 3.05) is 13.1 Å². The van der Waals surface area contributed by atoms with E-state index in [2.05, 4.69) is 17.0 Å². The molecule has 1 aromatic rings. The molecule has 4 nitrogen and oxygen atoms in total. The molecule has 1 heterocycles. The van der Waals surface area contributed by atoms with Gasteiger partial charge in [0.2, 0.25) is 10.0 Å². The maximum Gasteiger partial charge on any atom is 0.241 e. The molecule has 0 radical (unpaired) electrons. The van der Waals surface area contributed by atoms with Crippen LogP contribution in [0.15, 0.2) is 4.90 Å². The van der Waals surface area contributed by atoms with E-state index in [0.29, 0.717) is 11.4 Å². The molecule has 1 fully saturated rings. The van der Waals surface area contributed by atoms with Gasteiger partial charge in [-0.2, -0.15) is 0 Å². The average molecular weight is 310 g/mol. The minimum absolute atomic E-state index is 0.00975. The van der Waals surface area contributed by atoms with Gasteiger partial charge in [-0.25, -0.2) is 13.1 Å². The van der Waals surface area contributed by atoms with Crippen molar-refractivity contribution in [3.8, 4) is 0 Å². The van der Waals surface area contributed by atoms with Gasteiger partial charge in [0.1, 0.15) is 0 Å². The number of rotatable bonds is 3. The summed E-state index contributed by atoms with van der Waals surface area (Å²) in [7, 11) is -3.47. The first-order chi connectivity index (χ1) is 9.75. The first-order valence-electron chi connectivity index (χ1n) is 7.55. The van der Waals surface area contributed by atoms with Crippen molar-refractivity contribution in [1.29, 1.82) is 0 Å². The van der Waals surface area contributed by atoms with Crippen LogP contribution in [0.4, 0.5) is 0 Å². The number of nitrogens with one attached hydrogen (secondary N) is 2. The summed E-state index contributed by atoms with van der Waals surface area (Å²) in [6, 6.07) is -0.00975. The van der Waals surface area contributed by atoms with Crippen molar-refractivity contribution in [2.45, 2.75) is 58.4 Å². The number of benzene rings is 1. The molecule has 5 heteroatoms. The molecule has 0 aliphatic carbocycles. The van der Waals surface area contributed by atoms with Crippen LogP contribution in [0.5, 0.6) is 0 Å². The van der Waals surface area contributed by atoms with E-state index in [1.165, 1.54) is 5.56 Å². The van der Waals surface area contributed by atoms with Crippen LogP contribution >= 0.6 is 0 Å². The predicted octanol–water partition coefficient (Wildman–Crippen LogP) is 2.26. The van der Waals surface area contributed by atoms with E-state index < -0.39 is 10.0 Å². The van der Waals surface area contributed by atoms with Crippen molar-refractivity contribution in [3.63, 3.8) is 0 Å². The lowest BCUT2D eigenvalue weighted by molar-refractivity contribution is 0.428. The monoisotopic (exact) mass is 310 g/mol. The first kappa shape index (κ1) is 16.5. The van der Waals surface area contributed by atoms with Crippen LogP contribution in [0.25, 0.3) is 0 Å². The molecule has 2 N–H and O–H groups in total. The van der Waals surface area contributed by atoms with E-state index in [9.17, 15) is 8.42 Å². The Morgan fingerprint density at radius 1 is 0.952 bits per heavy atom. The highest BCUT2D eigenvalue weighted by atomic mass is 32.2. The summed E-state index contributed by atoms with van der Waals surface area (Å²) in [5.74, 6) is 0. The zero-order chi connectivity index (χ0) is 15.8. The number of hydrogen-bond donors (Lipinski definition) is 2. The Morgan fingerprint density at radius 2 is 1.48 bits per heavy atom. The Balaban J connectivity index is 2.45. The smallest absolute Gasteiger partial charge is 0.241 e. The summed E-state index contributed by atoms with van der Waals surface area (Å²) in [5.41, 5.74) is 5.06. The van der Waals surface area contributed by atoms with Gasteiger partial charge in [0.05, 0.1) is 4.90 Å². The fourth-order valence-corrected chi connectivity index (χ4v) is 4.97. The summed E-state index contributed by atoms with van der Waals surface area (Å²) in [5, 5.41) is 3.24. The van der Waals surface area contributed by atoms with Crippen LogP contribution in [-0.4, -0.2) is 27.5 Å². The number of hydrogen-bond acceptors (Lipinski definition) is 3. The molecule has 1 saturated heterocycles. The summed E-state index contributed by atoms with van der Waals surface area (Å²) >= 11 is 0. The molecule has 0 bridgehead atoms. The molecule has 1 aromatic carbocycles. The molecular weight excluding hydrogens is 284 g/mol. The second-order valence-corrected chi connectivity index (χ2v) is 7.77. The number of piperidine rings is 1. The van der Waals surface area contributed by atoms with Gasteiger partial charge in [-0.05, 0) is 81.8 Å². The normalized spacial score (nSPS) is 19.8. The molecule has 21 heavy (non-hydrogen) atoms. The third-order valence-electron chi connectivity index (χ3n) is 4.82. The summed E-state index contributed by atoms with van der Waals surface area (Å²) in [6.45, 7) is 11.5. The quantitative estimate of drug-likeness (QED) is 0.900.